The van der Waals surface area contributed by atoms with Crippen LogP contribution in [0.5, 0.6) is 0 Å². The number of amides is 2. The predicted molar refractivity (Wildman–Crippen MR) is 83.7 cm³/mol. The highest BCUT2D eigenvalue weighted by atomic mass is 16.2. The molecular weight excluding hydrogens is 264 g/mol. The van der Waals surface area contributed by atoms with Gasteiger partial charge in [0.2, 0.25) is 11.8 Å². The molecule has 2 fully saturated rings. The van der Waals surface area contributed by atoms with Gasteiger partial charge in [0.1, 0.15) is 11.6 Å². The molecular formula is C17H28N2O2. The first-order chi connectivity index (χ1) is 9.87. The van der Waals surface area contributed by atoms with E-state index < -0.39 is 5.54 Å². The largest absolute Gasteiger partial charge is 0.340 e. The van der Waals surface area contributed by atoms with Crippen LogP contribution in [0.15, 0.2) is 11.6 Å². The van der Waals surface area contributed by atoms with Gasteiger partial charge in [0.25, 0.3) is 0 Å². The van der Waals surface area contributed by atoms with Crippen LogP contribution < -0.4 is 5.32 Å². The van der Waals surface area contributed by atoms with Crippen molar-refractivity contribution in [2.24, 2.45) is 5.92 Å². The van der Waals surface area contributed by atoms with Crippen molar-refractivity contribution in [3.8, 4) is 0 Å². The van der Waals surface area contributed by atoms with Crippen LogP contribution >= 0.6 is 0 Å². The Balaban J connectivity index is 2.31. The van der Waals surface area contributed by atoms with Gasteiger partial charge in [0.15, 0.2) is 0 Å². The van der Waals surface area contributed by atoms with Crippen LogP contribution in [0.2, 0.25) is 0 Å². The Hall–Kier alpha value is -1.32. The van der Waals surface area contributed by atoms with Crippen LogP contribution in [0.4, 0.5) is 0 Å². The van der Waals surface area contributed by atoms with E-state index in [9.17, 15) is 9.59 Å². The third-order valence-electron chi connectivity index (χ3n) is 4.67. The van der Waals surface area contributed by atoms with Gasteiger partial charge in [-0.15, -0.1) is 0 Å². The maximum Gasteiger partial charge on any atom is 0.249 e. The zero-order valence-electron chi connectivity index (χ0n) is 13.7. The van der Waals surface area contributed by atoms with Crippen molar-refractivity contribution in [3.63, 3.8) is 0 Å². The fourth-order valence-corrected chi connectivity index (χ4v) is 3.54. The normalized spacial score (nSPS) is 25.2. The molecule has 1 N–H and O–H groups in total. The van der Waals surface area contributed by atoms with Crippen molar-refractivity contribution in [1.82, 2.24) is 10.2 Å². The summed E-state index contributed by atoms with van der Waals surface area (Å²) >= 11 is 0. The molecule has 4 heteroatoms. The fraction of sp³-hybridized carbons (Fsp3) is 0.765. The molecule has 1 unspecified atom stereocenters. The summed E-state index contributed by atoms with van der Waals surface area (Å²) in [6.45, 7) is 8.60. The maximum atomic E-state index is 13.1. The van der Waals surface area contributed by atoms with Crippen LogP contribution in [0.25, 0.3) is 0 Å². The number of rotatable bonds is 3. The number of piperazine rings is 1. The van der Waals surface area contributed by atoms with Crippen molar-refractivity contribution < 1.29 is 9.59 Å². The molecule has 2 rings (SSSR count). The highest BCUT2D eigenvalue weighted by molar-refractivity contribution is 6.00. The molecule has 0 aromatic carbocycles. The summed E-state index contributed by atoms with van der Waals surface area (Å²) in [5.74, 6) is 0.270. The van der Waals surface area contributed by atoms with Gasteiger partial charge >= 0.3 is 0 Å². The number of hydrogen-bond acceptors (Lipinski definition) is 2. The Kier molecular flexibility index (Phi) is 4.74. The van der Waals surface area contributed by atoms with E-state index in [0.29, 0.717) is 6.54 Å². The second kappa shape index (κ2) is 6.20. The van der Waals surface area contributed by atoms with Gasteiger partial charge in [0, 0.05) is 6.54 Å². The van der Waals surface area contributed by atoms with Gasteiger partial charge < -0.3 is 10.2 Å². The number of carbonyl (C=O) groups excluding carboxylic acids is 2. The zero-order chi connectivity index (χ0) is 15.6. The van der Waals surface area contributed by atoms with Crippen molar-refractivity contribution in [3.05, 3.63) is 11.6 Å². The molecule has 0 aromatic rings. The Bertz CT molecular complexity index is 444. The van der Waals surface area contributed by atoms with E-state index in [1.54, 1.807) is 0 Å². The molecule has 2 amide bonds. The summed E-state index contributed by atoms with van der Waals surface area (Å²) in [6.07, 6.45) is 6.82. The van der Waals surface area contributed by atoms with Crippen molar-refractivity contribution in [2.75, 3.05) is 6.54 Å². The van der Waals surface area contributed by atoms with Gasteiger partial charge in [-0.1, -0.05) is 44.8 Å². The van der Waals surface area contributed by atoms with E-state index in [2.05, 4.69) is 5.32 Å². The molecule has 1 spiro atoms. The number of nitrogens with zero attached hydrogens (tertiary/aromatic N) is 1. The Morgan fingerprint density at radius 3 is 2.43 bits per heavy atom. The predicted octanol–water partition coefficient (Wildman–Crippen LogP) is 2.64. The highest BCUT2D eigenvalue weighted by Gasteiger charge is 2.51. The Morgan fingerprint density at radius 1 is 1.29 bits per heavy atom. The standard InChI is InChI=1S/C17H28N2O2/c1-12(2)8-11-19-14(13(3)4)15(20)18-17(16(19)21)9-6-5-7-10-17/h8,13-14H,5-7,9-11H2,1-4H3,(H,18,20). The van der Waals surface area contributed by atoms with E-state index in [1.807, 2.05) is 38.7 Å². The van der Waals surface area contributed by atoms with Crippen LogP contribution in [0.1, 0.15) is 59.8 Å². The van der Waals surface area contributed by atoms with Crippen LogP contribution in [-0.2, 0) is 9.59 Å². The van der Waals surface area contributed by atoms with E-state index in [0.717, 1.165) is 32.1 Å². The third-order valence-corrected chi connectivity index (χ3v) is 4.67. The van der Waals surface area contributed by atoms with Crippen LogP contribution in [0, 0.1) is 5.92 Å². The number of carbonyl (C=O) groups is 2. The second-order valence-electron chi connectivity index (χ2n) is 7.06. The monoisotopic (exact) mass is 292 g/mol. The molecule has 21 heavy (non-hydrogen) atoms. The van der Waals surface area contributed by atoms with Crippen molar-refractivity contribution in [1.29, 1.82) is 0 Å². The van der Waals surface area contributed by atoms with Crippen LogP contribution in [-0.4, -0.2) is 34.8 Å². The fourth-order valence-electron chi connectivity index (χ4n) is 3.54. The van der Waals surface area contributed by atoms with Gasteiger partial charge in [-0.25, -0.2) is 0 Å². The van der Waals surface area contributed by atoms with Crippen molar-refractivity contribution in [2.45, 2.75) is 71.4 Å². The van der Waals surface area contributed by atoms with E-state index >= 15 is 0 Å². The Labute approximate surface area is 128 Å². The van der Waals surface area contributed by atoms with Gasteiger partial charge in [-0.05, 0) is 32.6 Å². The summed E-state index contributed by atoms with van der Waals surface area (Å²) < 4.78 is 0. The number of nitrogens with one attached hydrogen (secondary N) is 1. The minimum atomic E-state index is -0.629. The van der Waals surface area contributed by atoms with Crippen molar-refractivity contribution >= 4 is 11.8 Å². The minimum absolute atomic E-state index is 0.0219. The lowest BCUT2D eigenvalue weighted by atomic mass is 9.77. The first kappa shape index (κ1) is 16.1. The van der Waals surface area contributed by atoms with E-state index in [4.69, 9.17) is 0 Å². The summed E-state index contributed by atoms with van der Waals surface area (Å²) in [5.41, 5.74) is 0.546. The third kappa shape index (κ3) is 3.14. The summed E-state index contributed by atoms with van der Waals surface area (Å²) in [6, 6.07) is -0.347. The zero-order valence-corrected chi connectivity index (χ0v) is 13.7. The summed E-state index contributed by atoms with van der Waals surface area (Å²) in [4.78, 5) is 27.4. The highest BCUT2D eigenvalue weighted by Crippen LogP contribution is 2.34. The molecule has 1 aliphatic heterocycles. The second-order valence-corrected chi connectivity index (χ2v) is 7.06. The molecule has 0 bridgehead atoms. The van der Waals surface area contributed by atoms with Gasteiger partial charge in [-0.2, -0.15) is 0 Å². The number of allylic oxidation sites excluding steroid dienone is 1. The molecule has 0 aromatic heterocycles. The average Bonchev–Trinajstić information content (AvgIpc) is 2.41. The van der Waals surface area contributed by atoms with E-state index in [-0.39, 0.29) is 23.8 Å². The average molecular weight is 292 g/mol. The lowest BCUT2D eigenvalue weighted by Gasteiger charge is -2.48. The molecule has 1 heterocycles. The molecule has 4 nitrogen and oxygen atoms in total. The SMILES string of the molecule is CC(C)=CCN1C(=O)C2(CCCCC2)NC(=O)C1C(C)C. The molecule has 2 aliphatic rings. The lowest BCUT2D eigenvalue weighted by Crippen LogP contribution is -2.71. The van der Waals surface area contributed by atoms with Gasteiger partial charge in [0.05, 0.1) is 0 Å². The first-order valence-electron chi connectivity index (χ1n) is 8.14. The molecule has 118 valence electrons. The van der Waals surface area contributed by atoms with Gasteiger partial charge in [-0.3, -0.25) is 9.59 Å². The molecule has 0 radical (unpaired) electrons. The topological polar surface area (TPSA) is 49.4 Å². The molecule has 1 saturated carbocycles. The van der Waals surface area contributed by atoms with E-state index in [1.165, 1.54) is 5.57 Å². The molecule has 1 aliphatic carbocycles. The minimum Gasteiger partial charge on any atom is -0.340 e. The lowest BCUT2D eigenvalue weighted by molar-refractivity contribution is -0.157. The quantitative estimate of drug-likeness (QED) is 0.813. The first-order valence-corrected chi connectivity index (χ1v) is 8.14. The number of hydrogen-bond donors (Lipinski definition) is 1. The summed E-state index contributed by atoms with van der Waals surface area (Å²) in [7, 11) is 0. The maximum absolute atomic E-state index is 13.1. The van der Waals surface area contributed by atoms with Crippen LogP contribution in [0.3, 0.4) is 0 Å². The summed E-state index contributed by atoms with van der Waals surface area (Å²) in [5, 5.41) is 3.08. The molecule has 1 saturated heterocycles. The Morgan fingerprint density at radius 2 is 1.90 bits per heavy atom. The molecule has 1 atom stereocenters. The smallest absolute Gasteiger partial charge is 0.249 e.